The predicted molar refractivity (Wildman–Crippen MR) is 82.1 cm³/mol. The fourth-order valence-electron chi connectivity index (χ4n) is 2.01. The second-order valence-corrected chi connectivity index (χ2v) is 4.70. The molecule has 2 rings (SSSR count). The smallest absolute Gasteiger partial charge is 0.272 e. The van der Waals surface area contributed by atoms with Crippen LogP contribution in [0.4, 0.5) is 0 Å². The third-order valence-electron chi connectivity index (χ3n) is 3.05. The van der Waals surface area contributed by atoms with E-state index in [0.29, 0.717) is 13.0 Å². The summed E-state index contributed by atoms with van der Waals surface area (Å²) in [5, 5.41) is 5.45. The molecule has 0 aliphatic rings. The van der Waals surface area contributed by atoms with Crippen LogP contribution in [0, 0.1) is 0 Å². The van der Waals surface area contributed by atoms with E-state index in [1.807, 2.05) is 37.3 Å². The number of nitrogens with one attached hydrogen (secondary N) is 2. The van der Waals surface area contributed by atoms with Gasteiger partial charge in [-0.2, -0.15) is 0 Å². The van der Waals surface area contributed by atoms with Crippen molar-refractivity contribution in [1.82, 2.24) is 20.6 Å². The molecule has 2 aromatic rings. The molecule has 0 saturated heterocycles. The monoisotopic (exact) mass is 298 g/mol. The van der Waals surface area contributed by atoms with Crippen LogP contribution in [0.3, 0.4) is 0 Å². The number of nitrogens with zero attached hydrogens (tertiary/aromatic N) is 2. The maximum absolute atomic E-state index is 12.2. The third-order valence-corrected chi connectivity index (χ3v) is 3.05. The number of carbonyl (C=O) groups is 2. The lowest BCUT2D eigenvalue weighted by atomic mass is 10.1. The highest BCUT2D eigenvalue weighted by molar-refractivity contribution is 5.95. The summed E-state index contributed by atoms with van der Waals surface area (Å²) in [6, 6.07) is 8.88. The van der Waals surface area contributed by atoms with E-state index >= 15 is 0 Å². The summed E-state index contributed by atoms with van der Waals surface area (Å²) < 4.78 is 0. The van der Waals surface area contributed by atoms with E-state index in [1.165, 1.54) is 18.6 Å². The highest BCUT2D eigenvalue weighted by Crippen LogP contribution is 2.04. The molecule has 1 atom stereocenters. The second kappa shape index (κ2) is 7.87. The lowest BCUT2D eigenvalue weighted by Gasteiger charge is -2.18. The molecule has 114 valence electrons. The summed E-state index contributed by atoms with van der Waals surface area (Å²) in [5.74, 6) is -0.635. The minimum absolute atomic E-state index is 0.185. The first-order valence-corrected chi connectivity index (χ1v) is 7.09. The van der Waals surface area contributed by atoms with Gasteiger partial charge in [-0.25, -0.2) is 4.98 Å². The van der Waals surface area contributed by atoms with Crippen LogP contribution < -0.4 is 10.6 Å². The molecule has 22 heavy (non-hydrogen) atoms. The molecule has 6 nitrogen and oxygen atoms in total. The first-order valence-electron chi connectivity index (χ1n) is 7.09. The van der Waals surface area contributed by atoms with Crippen LogP contribution in [0.25, 0.3) is 0 Å². The fraction of sp³-hybridized carbons (Fsp3) is 0.250. The van der Waals surface area contributed by atoms with Gasteiger partial charge in [-0.1, -0.05) is 30.3 Å². The van der Waals surface area contributed by atoms with Crippen LogP contribution >= 0.6 is 0 Å². The SMILES string of the molecule is CCNC(=O)[C@H](Cc1ccccc1)NC(=O)c1cnccn1. The van der Waals surface area contributed by atoms with Crippen molar-refractivity contribution in [1.29, 1.82) is 0 Å². The van der Waals surface area contributed by atoms with E-state index in [0.717, 1.165) is 5.56 Å². The summed E-state index contributed by atoms with van der Waals surface area (Å²) >= 11 is 0. The van der Waals surface area contributed by atoms with Crippen LogP contribution in [0.1, 0.15) is 23.0 Å². The molecule has 1 aromatic carbocycles. The zero-order valence-corrected chi connectivity index (χ0v) is 12.3. The number of benzene rings is 1. The lowest BCUT2D eigenvalue weighted by Crippen LogP contribution is -2.48. The van der Waals surface area contributed by atoms with Crippen LogP contribution in [0.2, 0.25) is 0 Å². The molecule has 0 radical (unpaired) electrons. The highest BCUT2D eigenvalue weighted by Gasteiger charge is 2.21. The molecule has 2 amide bonds. The van der Waals surface area contributed by atoms with Gasteiger partial charge in [0.1, 0.15) is 11.7 Å². The topological polar surface area (TPSA) is 84.0 Å². The minimum atomic E-state index is -0.656. The number of carbonyl (C=O) groups excluding carboxylic acids is 2. The standard InChI is InChI=1S/C16H18N4O2/c1-2-18-15(21)13(10-12-6-4-3-5-7-12)20-16(22)14-11-17-8-9-19-14/h3-9,11,13H,2,10H2,1H3,(H,18,21)(H,20,22)/t13-/m0/s1. The Kier molecular flexibility index (Phi) is 5.59. The van der Waals surface area contributed by atoms with Crippen molar-refractivity contribution in [2.45, 2.75) is 19.4 Å². The molecule has 0 spiro atoms. The molecule has 1 heterocycles. The number of aromatic nitrogens is 2. The normalized spacial score (nSPS) is 11.5. The maximum atomic E-state index is 12.2. The number of hydrogen-bond acceptors (Lipinski definition) is 4. The van der Waals surface area contributed by atoms with Gasteiger partial charge in [0.05, 0.1) is 6.20 Å². The molecule has 0 unspecified atom stereocenters. The Labute approximate surface area is 129 Å². The average Bonchev–Trinajstić information content (AvgIpc) is 2.56. The zero-order chi connectivity index (χ0) is 15.8. The molecule has 6 heteroatoms. The Morgan fingerprint density at radius 2 is 1.95 bits per heavy atom. The van der Waals surface area contributed by atoms with Crippen molar-refractivity contribution in [2.24, 2.45) is 0 Å². The number of likely N-dealkylation sites (N-methyl/N-ethyl adjacent to an activating group) is 1. The van der Waals surface area contributed by atoms with Crippen molar-refractivity contribution in [3.63, 3.8) is 0 Å². The molecule has 0 bridgehead atoms. The van der Waals surface area contributed by atoms with Crippen molar-refractivity contribution in [3.05, 3.63) is 60.2 Å². The van der Waals surface area contributed by atoms with Gasteiger partial charge in [-0.15, -0.1) is 0 Å². The van der Waals surface area contributed by atoms with E-state index in [9.17, 15) is 9.59 Å². The average molecular weight is 298 g/mol. The molecule has 0 saturated carbocycles. The molecule has 1 aromatic heterocycles. The van der Waals surface area contributed by atoms with E-state index in [4.69, 9.17) is 0 Å². The highest BCUT2D eigenvalue weighted by atomic mass is 16.2. The number of hydrogen-bond donors (Lipinski definition) is 2. The van der Waals surface area contributed by atoms with Crippen molar-refractivity contribution >= 4 is 11.8 Å². The van der Waals surface area contributed by atoms with E-state index < -0.39 is 11.9 Å². The second-order valence-electron chi connectivity index (χ2n) is 4.70. The first-order chi connectivity index (χ1) is 10.7. The Morgan fingerprint density at radius 3 is 2.59 bits per heavy atom. The molecular weight excluding hydrogens is 280 g/mol. The fourth-order valence-corrected chi connectivity index (χ4v) is 2.01. The Bertz CT molecular complexity index is 617. The van der Waals surface area contributed by atoms with Gasteiger partial charge in [0.25, 0.3) is 5.91 Å². The van der Waals surface area contributed by atoms with Gasteiger partial charge in [0, 0.05) is 25.4 Å². The van der Waals surface area contributed by atoms with Crippen molar-refractivity contribution in [3.8, 4) is 0 Å². The predicted octanol–water partition coefficient (Wildman–Crippen LogP) is 0.954. The first kappa shape index (κ1) is 15.6. The number of amides is 2. The Balaban J connectivity index is 2.11. The molecule has 0 aliphatic heterocycles. The van der Waals surface area contributed by atoms with Gasteiger partial charge in [0.15, 0.2) is 0 Å². The minimum Gasteiger partial charge on any atom is -0.355 e. The summed E-state index contributed by atoms with van der Waals surface area (Å²) in [6.07, 6.45) is 4.71. The van der Waals surface area contributed by atoms with Crippen molar-refractivity contribution < 1.29 is 9.59 Å². The van der Waals surface area contributed by atoms with Crippen molar-refractivity contribution in [2.75, 3.05) is 6.54 Å². The van der Waals surface area contributed by atoms with Crippen LogP contribution in [-0.2, 0) is 11.2 Å². The van der Waals surface area contributed by atoms with Gasteiger partial charge in [-0.3, -0.25) is 14.6 Å². The maximum Gasteiger partial charge on any atom is 0.272 e. The van der Waals surface area contributed by atoms with Crippen LogP contribution in [-0.4, -0.2) is 34.4 Å². The summed E-state index contributed by atoms with van der Waals surface area (Å²) in [5.41, 5.74) is 1.16. The van der Waals surface area contributed by atoms with E-state index in [2.05, 4.69) is 20.6 Å². The summed E-state index contributed by atoms with van der Waals surface area (Å²) in [6.45, 7) is 2.34. The zero-order valence-electron chi connectivity index (χ0n) is 12.3. The molecule has 0 aliphatic carbocycles. The third kappa shape index (κ3) is 4.37. The lowest BCUT2D eigenvalue weighted by molar-refractivity contribution is -0.122. The molecular formula is C16H18N4O2. The Morgan fingerprint density at radius 1 is 1.18 bits per heavy atom. The van der Waals surface area contributed by atoms with Gasteiger partial charge in [0.2, 0.25) is 5.91 Å². The van der Waals surface area contributed by atoms with Gasteiger partial charge < -0.3 is 10.6 Å². The summed E-state index contributed by atoms with van der Waals surface area (Å²) in [7, 11) is 0. The Hall–Kier alpha value is -2.76. The van der Waals surface area contributed by atoms with Crippen LogP contribution in [0.15, 0.2) is 48.9 Å². The summed E-state index contributed by atoms with van der Waals surface area (Å²) in [4.78, 5) is 32.1. The van der Waals surface area contributed by atoms with E-state index in [1.54, 1.807) is 0 Å². The van der Waals surface area contributed by atoms with Gasteiger partial charge in [-0.05, 0) is 12.5 Å². The van der Waals surface area contributed by atoms with Crippen LogP contribution in [0.5, 0.6) is 0 Å². The van der Waals surface area contributed by atoms with E-state index in [-0.39, 0.29) is 11.6 Å². The largest absolute Gasteiger partial charge is 0.355 e. The number of rotatable bonds is 6. The van der Waals surface area contributed by atoms with Gasteiger partial charge >= 0.3 is 0 Å². The molecule has 2 N–H and O–H groups in total. The molecule has 0 fully saturated rings. The quantitative estimate of drug-likeness (QED) is 0.832.